The topological polar surface area (TPSA) is 414 Å². The Balaban J connectivity index is 0.000000323. The van der Waals surface area contributed by atoms with Gasteiger partial charge in [0.1, 0.15) is 71.4 Å². The Morgan fingerprint density at radius 3 is 1.27 bits per heavy atom. The monoisotopic (exact) mass is 1430 g/mol. The molecule has 0 spiro atoms. The van der Waals surface area contributed by atoms with Crippen LogP contribution in [0.5, 0.6) is 0 Å². The molecule has 0 radical (unpaired) electrons. The zero-order chi connectivity index (χ0) is 71.4. The highest BCUT2D eigenvalue weighted by Gasteiger charge is 2.67. The minimum absolute atomic E-state index is 0.0763. The molecule has 4 aromatic heterocycles. The first-order chi connectivity index (χ1) is 43.3. The summed E-state index contributed by atoms with van der Waals surface area (Å²) in [6.45, 7) is 32.6. The van der Waals surface area contributed by atoms with Crippen LogP contribution in [-0.2, 0) is 67.0 Å². The van der Waals surface area contributed by atoms with Crippen molar-refractivity contribution in [2.75, 3.05) is 74.1 Å². The van der Waals surface area contributed by atoms with Crippen LogP contribution in [0.3, 0.4) is 0 Å². The number of hydrogen-bond acceptors (Lipinski definition) is 30. The molecule has 6 heterocycles. The highest BCUT2D eigenvalue weighted by Crippen LogP contribution is 2.53. The molecule has 2 fully saturated rings. The number of hydrogen-bond donors (Lipinski definition) is 7. The van der Waals surface area contributed by atoms with Crippen LogP contribution < -0.4 is 11.5 Å². The van der Waals surface area contributed by atoms with Gasteiger partial charge in [0.2, 0.25) is 11.2 Å². The van der Waals surface area contributed by atoms with Gasteiger partial charge in [0.15, 0.2) is 32.1 Å². The van der Waals surface area contributed by atoms with Gasteiger partial charge in [-0.3, -0.25) is 32.7 Å². The summed E-state index contributed by atoms with van der Waals surface area (Å²) in [7, 11) is -5.58. The van der Waals surface area contributed by atoms with Crippen LogP contribution >= 0.6 is 63.4 Å². The molecule has 0 aromatic carbocycles. The van der Waals surface area contributed by atoms with Crippen molar-refractivity contribution in [2.45, 2.75) is 184 Å². The number of aliphatic hydroxyl groups is 5. The number of thioether (sulfide) groups is 4. The van der Waals surface area contributed by atoms with Crippen LogP contribution in [0.1, 0.15) is 136 Å². The molecule has 8 atom stereocenters. The Morgan fingerprint density at radius 2 is 0.957 bits per heavy atom. The number of anilines is 2. The van der Waals surface area contributed by atoms with Crippen LogP contribution in [0.25, 0.3) is 11.0 Å². The number of fused-ring (bicyclic) bond motifs is 2. The molecule has 9 N–H and O–H groups in total. The lowest BCUT2D eigenvalue weighted by molar-refractivity contribution is -0.118. The zero-order valence-electron chi connectivity index (χ0n) is 56.8. The SMILES string of the molecule is CC(C)(C)C(=O)SCCOP(=O)(OCCSC(=O)C(C)(C)C)OC[C@H]1O[C@@](C#N)(c2ccc3c(N)ncnn23)[C@](C)(O)[C@@H]1O.CC(C)N(C(C)C)P(OCCSC(=O)C(C)(C)C)OCCSC(=O)C(C)(C)C.C[C@@]1(O)[C@H](O)[C@@H](CO)O[C@@]1(C#N)c1ccc2c(N)ncnn12. The highest BCUT2D eigenvalue weighted by molar-refractivity contribution is 8.14. The van der Waals surface area contributed by atoms with Crippen molar-refractivity contribution in [1.82, 2.24) is 33.9 Å². The van der Waals surface area contributed by atoms with Gasteiger partial charge in [-0.15, -0.1) is 0 Å². The molecule has 0 amide bonds. The number of ether oxygens (including phenoxy) is 2. The fourth-order valence-electron chi connectivity index (χ4n) is 9.05. The van der Waals surface area contributed by atoms with Crippen LogP contribution in [0.4, 0.5) is 11.6 Å². The molecule has 2 aliphatic heterocycles. The third-order valence-electron chi connectivity index (χ3n) is 14.4. The number of phosphoric ester groups is 1. The van der Waals surface area contributed by atoms with Crippen molar-refractivity contribution >= 4 is 107 Å². The minimum atomic E-state index is -4.34. The van der Waals surface area contributed by atoms with Crippen molar-refractivity contribution < 1.29 is 81.4 Å². The molecule has 0 aliphatic carbocycles. The summed E-state index contributed by atoms with van der Waals surface area (Å²) in [5, 5.41) is 80.9. The fourth-order valence-corrected chi connectivity index (χ4v) is 15.5. The van der Waals surface area contributed by atoms with E-state index in [1.54, 1.807) is 53.7 Å². The lowest BCUT2D eigenvalue weighted by Crippen LogP contribution is -2.52. The smallest absolute Gasteiger partial charge is 0.394 e. The van der Waals surface area contributed by atoms with E-state index in [2.05, 4.69) is 52.5 Å². The molecule has 4 aromatic rings. The minimum Gasteiger partial charge on any atom is -0.394 e. The molecular formula is C60H95N11O17P2S4. The number of carbonyl (C=O) groups excluding carboxylic acids is 4. The number of carbonyl (C=O) groups is 4. The van der Waals surface area contributed by atoms with Crippen molar-refractivity contribution in [3.05, 3.63) is 48.3 Å². The van der Waals surface area contributed by atoms with E-state index in [0.717, 1.165) is 23.5 Å². The second-order valence-corrected chi connectivity index (χ2v) is 34.4. The average molecular weight is 1430 g/mol. The quantitative estimate of drug-likeness (QED) is 0.0245. The van der Waals surface area contributed by atoms with Gasteiger partial charge in [-0.2, -0.15) is 20.7 Å². The number of rotatable bonds is 25. The summed E-state index contributed by atoms with van der Waals surface area (Å²) >= 11 is 4.64. The third-order valence-corrected chi connectivity index (χ3v) is 22.9. The van der Waals surface area contributed by atoms with Gasteiger partial charge >= 0.3 is 7.82 Å². The number of aliphatic hydroxyl groups excluding tert-OH is 3. The van der Waals surface area contributed by atoms with Gasteiger partial charge in [-0.05, 0) is 65.8 Å². The lowest BCUT2D eigenvalue weighted by Gasteiger charge is -2.35. The van der Waals surface area contributed by atoms with E-state index >= 15 is 0 Å². The Kier molecular flexibility index (Phi) is 29.6. The maximum atomic E-state index is 13.6. The lowest BCUT2D eigenvalue weighted by atomic mass is 9.80. The predicted molar refractivity (Wildman–Crippen MR) is 364 cm³/mol. The van der Waals surface area contributed by atoms with Gasteiger partial charge < -0.3 is 55.5 Å². The average Bonchev–Trinajstić information content (AvgIpc) is 1.56. The summed E-state index contributed by atoms with van der Waals surface area (Å²) < 4.78 is 58.6. The van der Waals surface area contributed by atoms with Gasteiger partial charge in [0.25, 0.3) is 8.53 Å². The summed E-state index contributed by atoms with van der Waals surface area (Å²) in [5.41, 5.74) is 2.68. The first-order valence-electron chi connectivity index (χ1n) is 30.2. The normalized spacial score (nSPS) is 23.5. The van der Waals surface area contributed by atoms with E-state index in [-0.39, 0.29) is 91.1 Å². The number of nitrogen functional groups attached to an aromatic ring is 2. The van der Waals surface area contributed by atoms with E-state index in [1.807, 2.05) is 53.7 Å². The molecule has 0 unspecified atom stereocenters. The summed E-state index contributed by atoms with van der Waals surface area (Å²) in [6.07, 6.45) is -3.23. The second-order valence-electron chi connectivity index (χ2n) is 27.0. The molecule has 0 bridgehead atoms. The summed E-state index contributed by atoms with van der Waals surface area (Å²) in [6, 6.07) is 10.5. The molecule has 2 aliphatic rings. The van der Waals surface area contributed by atoms with Crippen LogP contribution in [0, 0.1) is 44.3 Å². The van der Waals surface area contributed by atoms with E-state index in [0.29, 0.717) is 35.8 Å². The predicted octanol–water partition coefficient (Wildman–Crippen LogP) is 7.82. The van der Waals surface area contributed by atoms with E-state index in [1.165, 1.54) is 71.2 Å². The molecule has 0 saturated carbocycles. The number of nitrogens with two attached hydrogens (primary N) is 2. The van der Waals surface area contributed by atoms with E-state index < -0.39 is 87.2 Å². The van der Waals surface area contributed by atoms with Crippen molar-refractivity contribution in [2.24, 2.45) is 21.7 Å². The summed E-state index contributed by atoms with van der Waals surface area (Å²) in [4.78, 5) is 56.4. The maximum absolute atomic E-state index is 13.6. The highest BCUT2D eigenvalue weighted by atomic mass is 32.2. The number of aromatic nitrogens is 6. The second kappa shape index (κ2) is 33.7. The zero-order valence-corrected chi connectivity index (χ0v) is 61.9. The standard InChI is InChI=1S/C27H40N5O9PS2.C20H40NO4PS2.C13H15N5O4/c1-24(2,3)22(34)43-12-10-38-42(37,39-11-13-44-23(35)25(4,5)6)40-14-18-20(33)26(7,36)27(15-28,41-18)19-9-8-17-21(29)30-16-31-32(17)19;1-15(2)21(16(3)4)26(24-11-13-27-17(22)19(5,6)7)25-12-14-28-18(23)20(8,9)10;1-12(21)10(20)8(4-19)22-13(12,5-14)9-3-2-7-11(15)16-6-17-18(7)9/h8-9,16,18,20,33,36H,10-14H2,1-7H3,(H2,29,30,31);15-16H,11-14H2,1-10H3;2-3,6,8,10,19-21H,4H2,1H3,(H2,15,16,17)/t18-,20-,26-,27+;;8-,10-,12-,13+/m1.1/s1. The third kappa shape index (κ3) is 20.1. The van der Waals surface area contributed by atoms with Crippen molar-refractivity contribution in [3.63, 3.8) is 0 Å². The maximum Gasteiger partial charge on any atom is 0.474 e. The van der Waals surface area contributed by atoms with Crippen molar-refractivity contribution in [1.29, 1.82) is 10.5 Å². The number of nitriles is 2. The van der Waals surface area contributed by atoms with Crippen molar-refractivity contribution in [3.8, 4) is 12.1 Å². The van der Waals surface area contributed by atoms with Crippen LogP contribution in [0.15, 0.2) is 36.9 Å². The Bertz CT molecular complexity index is 3280. The van der Waals surface area contributed by atoms with E-state index in [9.17, 15) is 59.8 Å². The van der Waals surface area contributed by atoms with Gasteiger partial charge in [0.05, 0.1) is 51.0 Å². The van der Waals surface area contributed by atoms with Gasteiger partial charge in [-0.1, -0.05) is 130 Å². The molecule has 2 saturated heterocycles. The largest absolute Gasteiger partial charge is 0.474 e. The molecule has 28 nitrogen and oxygen atoms in total. The van der Waals surface area contributed by atoms with Crippen LogP contribution in [0.2, 0.25) is 0 Å². The fraction of sp³-hybridized carbons (Fsp3) is 0.700. The molecule has 94 heavy (non-hydrogen) atoms. The summed E-state index contributed by atoms with van der Waals surface area (Å²) in [5.74, 6) is 1.86. The Morgan fingerprint density at radius 1 is 0.628 bits per heavy atom. The van der Waals surface area contributed by atoms with Crippen LogP contribution in [-0.4, -0.2) is 190 Å². The Labute approximate surface area is 568 Å². The first kappa shape index (κ1) is 82.5. The Hall–Kier alpha value is -3.96. The van der Waals surface area contributed by atoms with Gasteiger partial charge in [-0.25, -0.2) is 28.2 Å². The molecule has 34 heteroatoms. The molecular weight excluding hydrogens is 1340 g/mol. The molecule has 6 rings (SSSR count). The number of nitrogens with zero attached hydrogens (tertiary/aromatic N) is 9. The molecule has 526 valence electrons. The van der Waals surface area contributed by atoms with Gasteiger partial charge in [0, 0.05) is 56.8 Å². The van der Waals surface area contributed by atoms with E-state index in [4.69, 9.17) is 43.6 Å². The first-order valence-corrected chi connectivity index (χ1v) is 36.7. The number of phosphoric acid groups is 1.